The predicted octanol–water partition coefficient (Wildman–Crippen LogP) is 3.71. The van der Waals surface area contributed by atoms with E-state index in [1.807, 2.05) is 0 Å². The van der Waals surface area contributed by atoms with Crippen LogP contribution in [0.25, 0.3) is 0 Å². The fourth-order valence-electron chi connectivity index (χ4n) is 4.56. The van der Waals surface area contributed by atoms with Gasteiger partial charge in [-0.25, -0.2) is 0 Å². The Hall–Kier alpha value is -2.43. The maximum absolute atomic E-state index is 12.4. The first-order valence-electron chi connectivity index (χ1n) is 9.74. The summed E-state index contributed by atoms with van der Waals surface area (Å²) in [5.41, 5.74) is 1.57. The summed E-state index contributed by atoms with van der Waals surface area (Å²) in [4.78, 5) is 35.9. The minimum Gasteiger partial charge on any atom is -0.350 e. The first kappa shape index (κ1) is 19.3. The standard InChI is InChI=1S/C22H28N2O3/c1-13(10-21(26)24-19-8-6-17(7-9-19)15(3)25)22(27)23-14(2)20-12-16-4-5-18(20)11-16/h6-10,14,16,18,20H,4-5,11-12H2,1-3H3,(H,23,27)(H,24,26)/b13-10-. The molecule has 0 radical (unpaired) electrons. The third kappa shape index (κ3) is 4.65. The van der Waals surface area contributed by atoms with Crippen LogP contribution >= 0.6 is 0 Å². The Morgan fingerprint density at radius 2 is 1.78 bits per heavy atom. The topological polar surface area (TPSA) is 75.3 Å². The summed E-state index contributed by atoms with van der Waals surface area (Å²) in [6, 6.07) is 6.82. The highest BCUT2D eigenvalue weighted by molar-refractivity contribution is 6.06. The molecule has 5 heteroatoms. The Labute approximate surface area is 160 Å². The molecule has 144 valence electrons. The Bertz CT molecular complexity index is 766. The SMILES string of the molecule is CC(=O)c1ccc(NC(=O)/C=C(/C)C(=O)NC(C)C2CC3CCC2C3)cc1. The zero-order chi connectivity index (χ0) is 19.6. The van der Waals surface area contributed by atoms with Crippen LogP contribution in [0.3, 0.4) is 0 Å². The number of nitrogens with one attached hydrogen (secondary N) is 2. The first-order valence-corrected chi connectivity index (χ1v) is 9.74. The van der Waals surface area contributed by atoms with Gasteiger partial charge < -0.3 is 10.6 Å². The lowest BCUT2D eigenvalue weighted by Gasteiger charge is -2.28. The number of fused-ring (bicyclic) bond motifs is 2. The zero-order valence-corrected chi connectivity index (χ0v) is 16.2. The van der Waals surface area contributed by atoms with Gasteiger partial charge in [0.05, 0.1) is 0 Å². The number of hydrogen-bond donors (Lipinski definition) is 2. The monoisotopic (exact) mass is 368 g/mol. The van der Waals surface area contributed by atoms with Crippen LogP contribution in [-0.2, 0) is 9.59 Å². The van der Waals surface area contributed by atoms with Gasteiger partial charge >= 0.3 is 0 Å². The summed E-state index contributed by atoms with van der Waals surface area (Å²) in [6.07, 6.45) is 6.47. The summed E-state index contributed by atoms with van der Waals surface area (Å²) >= 11 is 0. The number of rotatable bonds is 6. The van der Waals surface area contributed by atoms with E-state index >= 15 is 0 Å². The van der Waals surface area contributed by atoms with Gasteiger partial charge in [0.15, 0.2) is 5.78 Å². The third-order valence-corrected chi connectivity index (χ3v) is 6.06. The summed E-state index contributed by atoms with van der Waals surface area (Å²) < 4.78 is 0. The second-order valence-corrected chi connectivity index (χ2v) is 8.05. The van der Waals surface area contributed by atoms with Gasteiger partial charge in [0.25, 0.3) is 0 Å². The Balaban J connectivity index is 1.53. The highest BCUT2D eigenvalue weighted by Gasteiger charge is 2.42. The molecule has 2 amide bonds. The lowest BCUT2D eigenvalue weighted by molar-refractivity contribution is -0.119. The van der Waals surface area contributed by atoms with Crippen molar-refractivity contribution in [1.29, 1.82) is 0 Å². The van der Waals surface area contributed by atoms with Crippen molar-refractivity contribution < 1.29 is 14.4 Å². The van der Waals surface area contributed by atoms with Crippen LogP contribution in [0.5, 0.6) is 0 Å². The summed E-state index contributed by atoms with van der Waals surface area (Å²) in [7, 11) is 0. The number of ketones is 1. The smallest absolute Gasteiger partial charge is 0.248 e. The van der Waals surface area contributed by atoms with Crippen LogP contribution < -0.4 is 10.6 Å². The van der Waals surface area contributed by atoms with Crippen molar-refractivity contribution in [3.8, 4) is 0 Å². The van der Waals surface area contributed by atoms with Gasteiger partial charge in [-0.15, -0.1) is 0 Å². The summed E-state index contributed by atoms with van der Waals surface area (Å²) in [5, 5.41) is 5.79. The van der Waals surface area contributed by atoms with E-state index in [-0.39, 0.29) is 23.6 Å². The maximum Gasteiger partial charge on any atom is 0.248 e. The molecule has 5 nitrogen and oxygen atoms in total. The molecule has 0 spiro atoms. The second-order valence-electron chi connectivity index (χ2n) is 8.05. The summed E-state index contributed by atoms with van der Waals surface area (Å²) in [6.45, 7) is 5.23. The largest absolute Gasteiger partial charge is 0.350 e. The van der Waals surface area contributed by atoms with Gasteiger partial charge in [-0.1, -0.05) is 6.42 Å². The Morgan fingerprint density at radius 3 is 2.33 bits per heavy atom. The molecule has 1 aromatic carbocycles. The van der Waals surface area contributed by atoms with E-state index in [0.29, 0.717) is 22.7 Å². The molecule has 0 aromatic heterocycles. The van der Waals surface area contributed by atoms with Crippen LogP contribution in [-0.4, -0.2) is 23.6 Å². The number of Topliss-reactive ketones (excluding diaryl/α,β-unsaturated/α-hetero) is 1. The molecule has 0 heterocycles. The minimum absolute atomic E-state index is 0.0232. The molecule has 2 N–H and O–H groups in total. The average molecular weight is 368 g/mol. The van der Waals surface area contributed by atoms with Crippen molar-refractivity contribution in [2.24, 2.45) is 17.8 Å². The number of amides is 2. The maximum atomic E-state index is 12.4. The van der Waals surface area contributed by atoms with Crippen molar-refractivity contribution in [1.82, 2.24) is 5.32 Å². The molecule has 27 heavy (non-hydrogen) atoms. The molecule has 4 unspecified atom stereocenters. The number of benzene rings is 1. The van der Waals surface area contributed by atoms with Gasteiger partial charge in [-0.05, 0) is 82.1 Å². The second kappa shape index (κ2) is 8.07. The van der Waals surface area contributed by atoms with Gasteiger partial charge in [-0.2, -0.15) is 0 Å². The lowest BCUT2D eigenvalue weighted by Crippen LogP contribution is -2.40. The fraction of sp³-hybridized carbons (Fsp3) is 0.500. The van der Waals surface area contributed by atoms with Crippen LogP contribution in [0.2, 0.25) is 0 Å². The number of hydrogen-bond acceptors (Lipinski definition) is 3. The van der Waals surface area contributed by atoms with E-state index in [9.17, 15) is 14.4 Å². The zero-order valence-electron chi connectivity index (χ0n) is 16.2. The highest BCUT2D eigenvalue weighted by Crippen LogP contribution is 2.49. The molecule has 2 aliphatic rings. The van der Waals surface area contributed by atoms with Gasteiger partial charge in [-0.3, -0.25) is 14.4 Å². The molecular formula is C22H28N2O3. The lowest BCUT2D eigenvalue weighted by atomic mass is 9.84. The number of anilines is 1. The van der Waals surface area contributed by atoms with Gasteiger partial charge in [0.2, 0.25) is 11.8 Å². The van der Waals surface area contributed by atoms with Gasteiger partial charge in [0.1, 0.15) is 0 Å². The number of carbonyl (C=O) groups is 3. The predicted molar refractivity (Wildman–Crippen MR) is 105 cm³/mol. The average Bonchev–Trinajstić information content (AvgIpc) is 3.25. The van der Waals surface area contributed by atoms with Crippen molar-refractivity contribution >= 4 is 23.3 Å². The normalized spacial score (nSPS) is 25.1. The van der Waals surface area contributed by atoms with E-state index < -0.39 is 0 Å². The molecule has 2 fully saturated rings. The first-order chi connectivity index (χ1) is 12.8. The van der Waals surface area contributed by atoms with Crippen molar-refractivity contribution in [3.05, 3.63) is 41.5 Å². The number of carbonyl (C=O) groups excluding carboxylic acids is 3. The van der Waals surface area contributed by atoms with E-state index in [1.165, 1.54) is 38.7 Å². The Morgan fingerprint density at radius 1 is 1.07 bits per heavy atom. The molecule has 0 aliphatic heterocycles. The van der Waals surface area contributed by atoms with E-state index in [0.717, 1.165) is 11.8 Å². The molecule has 3 rings (SSSR count). The highest BCUT2D eigenvalue weighted by atomic mass is 16.2. The molecule has 0 saturated heterocycles. The van der Waals surface area contributed by atoms with E-state index in [4.69, 9.17) is 0 Å². The van der Waals surface area contributed by atoms with Crippen LogP contribution in [0, 0.1) is 17.8 Å². The van der Waals surface area contributed by atoms with Crippen LogP contribution in [0.15, 0.2) is 35.9 Å². The molecule has 4 atom stereocenters. The van der Waals surface area contributed by atoms with Crippen LogP contribution in [0.1, 0.15) is 56.8 Å². The molecular weight excluding hydrogens is 340 g/mol. The quantitative estimate of drug-likeness (QED) is 0.594. The van der Waals surface area contributed by atoms with E-state index in [1.54, 1.807) is 31.2 Å². The molecule has 2 aliphatic carbocycles. The molecule has 2 saturated carbocycles. The summed E-state index contributed by atoms with van der Waals surface area (Å²) in [5.74, 6) is 1.59. The minimum atomic E-state index is -0.356. The van der Waals surface area contributed by atoms with Gasteiger partial charge in [0, 0.05) is 28.9 Å². The van der Waals surface area contributed by atoms with Crippen LogP contribution in [0.4, 0.5) is 5.69 Å². The molecule has 1 aromatic rings. The van der Waals surface area contributed by atoms with Crippen molar-refractivity contribution in [3.63, 3.8) is 0 Å². The third-order valence-electron chi connectivity index (χ3n) is 6.06. The van der Waals surface area contributed by atoms with E-state index in [2.05, 4.69) is 17.6 Å². The fourth-order valence-corrected chi connectivity index (χ4v) is 4.56. The Kier molecular flexibility index (Phi) is 5.78. The molecule has 2 bridgehead atoms. The van der Waals surface area contributed by atoms with Crippen molar-refractivity contribution in [2.45, 2.75) is 52.5 Å². The van der Waals surface area contributed by atoms with Crippen molar-refractivity contribution in [2.75, 3.05) is 5.32 Å².